The first-order valence-corrected chi connectivity index (χ1v) is 15.5. The molecule has 0 spiro atoms. The van der Waals surface area contributed by atoms with Gasteiger partial charge in [-0.3, -0.25) is 0 Å². The van der Waals surface area contributed by atoms with Crippen LogP contribution in [0.2, 0.25) is 0 Å². The number of azo groups is 1. The summed E-state index contributed by atoms with van der Waals surface area (Å²) in [5, 5.41) is 9.60. The highest BCUT2D eigenvalue weighted by Crippen LogP contribution is 2.31. The fourth-order valence-corrected chi connectivity index (χ4v) is 5.48. The first-order chi connectivity index (χ1) is 19.0. The Bertz CT molecular complexity index is 1200. The summed E-state index contributed by atoms with van der Waals surface area (Å²) in [6.45, 7) is 13.5. The highest BCUT2D eigenvalue weighted by molar-refractivity contribution is 5.73. The van der Waals surface area contributed by atoms with E-state index < -0.39 is 0 Å². The molecule has 3 aromatic carbocycles. The van der Waals surface area contributed by atoms with Gasteiger partial charge in [-0.25, -0.2) is 0 Å². The normalized spacial score (nSPS) is 12.0. The van der Waals surface area contributed by atoms with Gasteiger partial charge < -0.3 is 0 Å². The molecule has 0 N–H and O–H groups in total. The van der Waals surface area contributed by atoms with E-state index >= 15 is 0 Å². The second kappa shape index (κ2) is 16.2. The van der Waals surface area contributed by atoms with Crippen molar-refractivity contribution < 1.29 is 0 Å². The van der Waals surface area contributed by atoms with Crippen molar-refractivity contribution in [3.63, 3.8) is 0 Å². The van der Waals surface area contributed by atoms with Gasteiger partial charge >= 0.3 is 0 Å². The third kappa shape index (κ3) is 8.75. The largest absolute Gasteiger partial charge is 0.155 e. The van der Waals surface area contributed by atoms with Gasteiger partial charge in [0.15, 0.2) is 0 Å². The van der Waals surface area contributed by atoms with Crippen LogP contribution >= 0.6 is 0 Å². The van der Waals surface area contributed by atoms with E-state index in [-0.39, 0.29) is 0 Å². The van der Waals surface area contributed by atoms with E-state index in [2.05, 4.69) is 102 Å². The topological polar surface area (TPSA) is 24.7 Å². The molecule has 0 radical (unpaired) electrons. The fraction of sp³-hybridized carbons (Fsp3) is 0.459. The van der Waals surface area contributed by atoms with Crippen molar-refractivity contribution >= 4 is 11.8 Å². The van der Waals surface area contributed by atoms with Crippen LogP contribution in [0.25, 0.3) is 17.2 Å². The molecule has 0 amide bonds. The van der Waals surface area contributed by atoms with Crippen molar-refractivity contribution in [3.05, 3.63) is 93.7 Å². The number of hydrogen-bond acceptors (Lipinski definition) is 2. The molecule has 3 rings (SSSR count). The molecule has 0 heterocycles. The monoisotopic (exact) mass is 522 g/mol. The molecule has 0 atom stereocenters. The minimum absolute atomic E-state index is 0.846. The zero-order valence-electron chi connectivity index (χ0n) is 25.4. The lowest BCUT2D eigenvalue weighted by molar-refractivity contribution is 0.765. The zero-order valence-corrected chi connectivity index (χ0v) is 25.4. The number of rotatable bonds is 15. The summed E-state index contributed by atoms with van der Waals surface area (Å²) in [5.74, 6) is 0. The first-order valence-electron chi connectivity index (χ1n) is 15.5. The molecular weight excluding hydrogens is 472 g/mol. The lowest BCUT2D eigenvalue weighted by Crippen LogP contribution is -2.00. The zero-order chi connectivity index (χ0) is 28.0. The first kappa shape index (κ1) is 30.5. The molecule has 0 fully saturated rings. The van der Waals surface area contributed by atoms with Gasteiger partial charge in [0.2, 0.25) is 0 Å². The number of allylic oxidation sites excluding steroid dienone is 1. The van der Waals surface area contributed by atoms with Gasteiger partial charge in [-0.2, -0.15) is 10.2 Å². The van der Waals surface area contributed by atoms with Gasteiger partial charge in [0.1, 0.15) is 0 Å². The number of unbranched alkanes of at least 4 members (excludes halogenated alkanes) is 3. The van der Waals surface area contributed by atoms with Crippen molar-refractivity contribution in [2.45, 2.75) is 112 Å². The van der Waals surface area contributed by atoms with Gasteiger partial charge in [0, 0.05) is 0 Å². The predicted octanol–water partition coefficient (Wildman–Crippen LogP) is 11.8. The molecule has 0 saturated heterocycles. The summed E-state index contributed by atoms with van der Waals surface area (Å²) < 4.78 is 0. The molecule has 0 aliphatic heterocycles. The quantitative estimate of drug-likeness (QED) is 0.177. The van der Waals surface area contributed by atoms with E-state index in [4.69, 9.17) is 10.2 Å². The maximum absolute atomic E-state index is 4.80. The van der Waals surface area contributed by atoms with E-state index in [1.165, 1.54) is 83.0 Å². The Balaban J connectivity index is 1.99. The summed E-state index contributed by atoms with van der Waals surface area (Å²) in [6.07, 6.45) is 14.8. The second-order valence-corrected chi connectivity index (χ2v) is 10.8. The maximum Gasteiger partial charge on any atom is 0.0862 e. The smallest absolute Gasteiger partial charge is 0.0862 e. The second-order valence-electron chi connectivity index (χ2n) is 10.8. The van der Waals surface area contributed by atoms with Crippen molar-refractivity contribution in [1.82, 2.24) is 0 Å². The van der Waals surface area contributed by atoms with E-state index in [1.807, 2.05) is 0 Å². The molecule has 3 aromatic rings. The molecule has 208 valence electrons. The standard InChI is InChI=1S/C37H50N2/c1-7-12-18-31-26-34(27-32(19-13-8-2)35(31)11-5)39-38-33(10-4)24-29-23-28(6)36(22-14-9-3)37(25-29)30-20-16-15-17-21-30/h15-17,20-21,23-27H,7-14,18-19,22H2,1-6H3. The van der Waals surface area contributed by atoms with Crippen molar-refractivity contribution in [2.24, 2.45) is 10.2 Å². The van der Waals surface area contributed by atoms with Crippen LogP contribution in [0.1, 0.15) is 113 Å². The van der Waals surface area contributed by atoms with Crippen LogP contribution in [-0.2, 0) is 25.7 Å². The lowest BCUT2D eigenvalue weighted by Gasteiger charge is -2.15. The molecule has 39 heavy (non-hydrogen) atoms. The van der Waals surface area contributed by atoms with Gasteiger partial charge in [-0.15, -0.1) is 0 Å². The van der Waals surface area contributed by atoms with E-state index in [1.54, 1.807) is 0 Å². The van der Waals surface area contributed by atoms with E-state index in [0.29, 0.717) is 0 Å². The third-order valence-corrected chi connectivity index (χ3v) is 7.72. The minimum atomic E-state index is 0.846. The summed E-state index contributed by atoms with van der Waals surface area (Å²) in [4.78, 5) is 0. The average Bonchev–Trinajstić information content (AvgIpc) is 2.96. The molecular formula is C37H50N2. The van der Waals surface area contributed by atoms with Crippen molar-refractivity contribution in [2.75, 3.05) is 0 Å². The number of aryl methyl sites for hydroxylation is 3. The van der Waals surface area contributed by atoms with Crippen LogP contribution in [0.4, 0.5) is 5.69 Å². The van der Waals surface area contributed by atoms with Crippen molar-refractivity contribution in [1.29, 1.82) is 0 Å². The Morgan fingerprint density at radius 2 is 1.33 bits per heavy atom. The van der Waals surface area contributed by atoms with Crippen LogP contribution < -0.4 is 0 Å². The third-order valence-electron chi connectivity index (χ3n) is 7.72. The Morgan fingerprint density at radius 1 is 0.718 bits per heavy atom. The molecule has 0 aliphatic rings. The SMILES string of the molecule is CCCCc1cc(N=NC(=Cc2cc(C)c(CCCC)c(-c3ccccc3)c2)CC)cc(CCCC)c1CC. The predicted molar refractivity (Wildman–Crippen MR) is 171 cm³/mol. The molecule has 0 unspecified atom stereocenters. The van der Waals surface area contributed by atoms with E-state index in [9.17, 15) is 0 Å². The van der Waals surface area contributed by atoms with Gasteiger partial charge in [-0.1, -0.05) is 90.3 Å². The molecule has 0 bridgehead atoms. The molecule has 0 aliphatic carbocycles. The highest BCUT2D eigenvalue weighted by atomic mass is 15.1. The molecule has 2 nitrogen and oxygen atoms in total. The van der Waals surface area contributed by atoms with E-state index in [0.717, 1.165) is 43.5 Å². The minimum Gasteiger partial charge on any atom is -0.155 e. The van der Waals surface area contributed by atoms with Crippen LogP contribution in [0.15, 0.2) is 70.5 Å². The average molecular weight is 523 g/mol. The van der Waals surface area contributed by atoms with Gasteiger partial charge in [0.05, 0.1) is 11.4 Å². The maximum atomic E-state index is 4.80. The summed E-state index contributed by atoms with van der Waals surface area (Å²) >= 11 is 0. The Morgan fingerprint density at radius 3 is 1.90 bits per heavy atom. The Hall–Kier alpha value is -3.00. The van der Waals surface area contributed by atoms with Crippen LogP contribution in [-0.4, -0.2) is 0 Å². The summed E-state index contributed by atoms with van der Waals surface area (Å²) in [5.41, 5.74) is 13.2. The number of benzene rings is 3. The highest BCUT2D eigenvalue weighted by Gasteiger charge is 2.12. The molecule has 0 aromatic heterocycles. The summed E-state index contributed by atoms with van der Waals surface area (Å²) in [7, 11) is 0. The molecule has 0 saturated carbocycles. The Kier molecular flexibility index (Phi) is 12.7. The van der Waals surface area contributed by atoms with Crippen LogP contribution in [0, 0.1) is 6.92 Å². The number of nitrogens with zero attached hydrogens (tertiary/aromatic N) is 2. The van der Waals surface area contributed by atoms with Gasteiger partial charge in [0.25, 0.3) is 0 Å². The fourth-order valence-electron chi connectivity index (χ4n) is 5.48. The van der Waals surface area contributed by atoms with Crippen LogP contribution in [0.5, 0.6) is 0 Å². The van der Waals surface area contributed by atoms with Gasteiger partial charge in [-0.05, 0) is 127 Å². The lowest BCUT2D eigenvalue weighted by atomic mass is 9.90. The summed E-state index contributed by atoms with van der Waals surface area (Å²) in [6, 6.07) is 20.1. The van der Waals surface area contributed by atoms with Crippen LogP contribution in [0.3, 0.4) is 0 Å². The van der Waals surface area contributed by atoms with Crippen molar-refractivity contribution in [3.8, 4) is 11.1 Å². The molecule has 2 heteroatoms. The number of hydrogen-bond donors (Lipinski definition) is 0. The Labute approximate surface area is 238 Å².